The molecular formula is C21H29F2NO. The summed E-state index contributed by atoms with van der Waals surface area (Å²) in [5.41, 5.74) is 1.41. The molecule has 1 aromatic rings. The monoisotopic (exact) mass is 349 g/mol. The van der Waals surface area contributed by atoms with E-state index in [-0.39, 0.29) is 12.8 Å². The van der Waals surface area contributed by atoms with Crippen LogP contribution in [0.3, 0.4) is 0 Å². The molecule has 1 heterocycles. The number of hydrogen-bond acceptors (Lipinski definition) is 2. The van der Waals surface area contributed by atoms with Crippen LogP contribution < -0.4 is 0 Å². The quantitative estimate of drug-likeness (QED) is 0.753. The van der Waals surface area contributed by atoms with Crippen molar-refractivity contribution in [2.75, 3.05) is 19.8 Å². The topological polar surface area (TPSA) is 12.5 Å². The molecular weight excluding hydrogens is 320 g/mol. The average Bonchev–Trinajstić information content (AvgIpc) is 3.42. The third-order valence-electron chi connectivity index (χ3n) is 6.38. The van der Waals surface area contributed by atoms with Crippen molar-refractivity contribution < 1.29 is 13.5 Å². The first-order chi connectivity index (χ1) is 12.1. The molecule has 3 aliphatic rings. The van der Waals surface area contributed by atoms with Crippen LogP contribution in [0.25, 0.3) is 0 Å². The van der Waals surface area contributed by atoms with Crippen LogP contribution in [-0.2, 0) is 4.74 Å². The maximum absolute atomic E-state index is 13.6. The van der Waals surface area contributed by atoms with Crippen LogP contribution in [-0.4, -0.2) is 42.7 Å². The summed E-state index contributed by atoms with van der Waals surface area (Å²) in [4.78, 5) is 2.61. The third-order valence-corrected chi connectivity index (χ3v) is 6.38. The van der Waals surface area contributed by atoms with Gasteiger partial charge in [-0.05, 0) is 43.6 Å². The van der Waals surface area contributed by atoms with Gasteiger partial charge in [0.15, 0.2) is 0 Å². The van der Waals surface area contributed by atoms with Crippen molar-refractivity contribution in [2.45, 2.75) is 68.9 Å². The molecule has 2 atom stereocenters. The van der Waals surface area contributed by atoms with Crippen molar-refractivity contribution in [3.8, 4) is 0 Å². The fourth-order valence-electron chi connectivity index (χ4n) is 4.75. The zero-order valence-electron chi connectivity index (χ0n) is 14.9. The molecule has 4 heteroatoms. The largest absolute Gasteiger partial charge is 0.381 e. The lowest BCUT2D eigenvalue weighted by atomic mass is 9.89. The molecule has 2 nitrogen and oxygen atoms in total. The Labute approximate surface area is 149 Å². The van der Waals surface area contributed by atoms with Crippen LogP contribution in [0.4, 0.5) is 8.78 Å². The van der Waals surface area contributed by atoms with Gasteiger partial charge < -0.3 is 4.74 Å². The lowest BCUT2D eigenvalue weighted by Crippen LogP contribution is -2.45. The molecule has 4 rings (SSSR count). The van der Waals surface area contributed by atoms with Crippen molar-refractivity contribution in [3.05, 3.63) is 35.9 Å². The van der Waals surface area contributed by atoms with Crippen LogP contribution >= 0.6 is 0 Å². The van der Waals surface area contributed by atoms with E-state index in [1.165, 1.54) is 12.0 Å². The van der Waals surface area contributed by atoms with E-state index < -0.39 is 5.92 Å². The lowest BCUT2D eigenvalue weighted by molar-refractivity contribution is -0.0583. The fraction of sp³-hybridized carbons (Fsp3) is 0.714. The molecule has 25 heavy (non-hydrogen) atoms. The standard InChI is InChI=1S/C21H29F2NO/c22-21(23)10-6-18(7-11-21)24(15-16-8-12-25-13-9-16)20-14-19(20)17-4-2-1-3-5-17/h1-5,16,18-20H,6-15H2/t19-,20+/m0/s1. The summed E-state index contributed by atoms with van der Waals surface area (Å²) in [6.07, 6.45) is 4.82. The fourth-order valence-corrected chi connectivity index (χ4v) is 4.75. The first-order valence-electron chi connectivity index (χ1n) is 9.89. The van der Waals surface area contributed by atoms with Gasteiger partial charge in [-0.1, -0.05) is 30.3 Å². The number of halogens is 2. The van der Waals surface area contributed by atoms with Gasteiger partial charge in [0.05, 0.1) is 0 Å². The highest BCUT2D eigenvalue weighted by atomic mass is 19.3. The summed E-state index contributed by atoms with van der Waals surface area (Å²) in [5.74, 6) is -1.19. The Kier molecular flexibility index (Phi) is 5.10. The molecule has 2 saturated carbocycles. The second kappa shape index (κ2) is 7.32. The number of nitrogens with zero attached hydrogens (tertiary/aromatic N) is 1. The average molecular weight is 349 g/mol. The van der Waals surface area contributed by atoms with Crippen LogP contribution in [0.2, 0.25) is 0 Å². The Bertz CT molecular complexity index is 548. The minimum Gasteiger partial charge on any atom is -0.381 e. The molecule has 2 aliphatic carbocycles. The highest BCUT2D eigenvalue weighted by Gasteiger charge is 2.47. The molecule has 0 aromatic heterocycles. The summed E-state index contributed by atoms with van der Waals surface area (Å²) >= 11 is 0. The molecule has 0 unspecified atom stereocenters. The second-order valence-corrected chi connectivity index (χ2v) is 8.16. The minimum atomic E-state index is -2.44. The summed E-state index contributed by atoms with van der Waals surface area (Å²) in [7, 11) is 0. The van der Waals surface area contributed by atoms with E-state index >= 15 is 0 Å². The molecule has 138 valence electrons. The SMILES string of the molecule is FC1(F)CCC(N(CC2CCOCC2)[C@@H]2C[C@H]2c2ccccc2)CC1. The Morgan fingerprint density at radius 3 is 2.36 bits per heavy atom. The van der Waals surface area contributed by atoms with E-state index in [2.05, 4.69) is 35.2 Å². The van der Waals surface area contributed by atoms with Gasteiger partial charge in [-0.25, -0.2) is 8.78 Å². The van der Waals surface area contributed by atoms with E-state index in [0.29, 0.717) is 36.8 Å². The van der Waals surface area contributed by atoms with E-state index in [1.807, 2.05) is 0 Å². The minimum absolute atomic E-state index is 0.0602. The maximum atomic E-state index is 13.6. The smallest absolute Gasteiger partial charge is 0.248 e. The summed E-state index contributed by atoms with van der Waals surface area (Å²) < 4.78 is 32.7. The summed E-state index contributed by atoms with van der Waals surface area (Å²) in [6.45, 7) is 2.77. The molecule has 0 amide bonds. The Morgan fingerprint density at radius 2 is 1.68 bits per heavy atom. The van der Waals surface area contributed by atoms with Crippen LogP contribution in [0.5, 0.6) is 0 Å². The molecule has 0 N–H and O–H groups in total. The molecule has 0 bridgehead atoms. The normalized spacial score (nSPS) is 30.5. The number of rotatable bonds is 5. The van der Waals surface area contributed by atoms with Gasteiger partial charge in [0.1, 0.15) is 0 Å². The van der Waals surface area contributed by atoms with Gasteiger partial charge in [0.25, 0.3) is 0 Å². The van der Waals surface area contributed by atoms with Crippen molar-refractivity contribution in [3.63, 3.8) is 0 Å². The van der Waals surface area contributed by atoms with Gasteiger partial charge in [0, 0.05) is 50.6 Å². The van der Waals surface area contributed by atoms with Gasteiger partial charge in [0.2, 0.25) is 5.92 Å². The highest BCUT2D eigenvalue weighted by molar-refractivity contribution is 5.28. The maximum Gasteiger partial charge on any atom is 0.248 e. The second-order valence-electron chi connectivity index (χ2n) is 8.16. The van der Waals surface area contributed by atoms with Gasteiger partial charge in [-0.15, -0.1) is 0 Å². The van der Waals surface area contributed by atoms with Crippen LogP contribution in [0.15, 0.2) is 30.3 Å². The first-order valence-corrected chi connectivity index (χ1v) is 9.89. The lowest BCUT2D eigenvalue weighted by Gasteiger charge is -2.40. The molecule has 0 radical (unpaired) electrons. The Hall–Kier alpha value is -1.00. The first kappa shape index (κ1) is 17.4. The van der Waals surface area contributed by atoms with E-state index in [0.717, 1.165) is 32.6 Å². The van der Waals surface area contributed by atoms with Crippen molar-refractivity contribution in [2.24, 2.45) is 5.92 Å². The number of hydrogen-bond donors (Lipinski definition) is 0. The number of ether oxygens (including phenoxy) is 1. The van der Waals surface area contributed by atoms with Crippen molar-refractivity contribution in [1.82, 2.24) is 4.90 Å². The number of benzene rings is 1. The molecule has 1 aromatic carbocycles. The Morgan fingerprint density at radius 1 is 1.00 bits per heavy atom. The van der Waals surface area contributed by atoms with Gasteiger partial charge >= 0.3 is 0 Å². The van der Waals surface area contributed by atoms with Gasteiger partial charge in [-0.2, -0.15) is 0 Å². The summed E-state index contributed by atoms with van der Waals surface area (Å²) in [6, 6.07) is 11.6. The van der Waals surface area contributed by atoms with Gasteiger partial charge in [-0.3, -0.25) is 4.90 Å². The van der Waals surface area contributed by atoms with E-state index in [1.54, 1.807) is 0 Å². The molecule has 1 aliphatic heterocycles. The zero-order chi connectivity index (χ0) is 17.3. The molecule has 3 fully saturated rings. The van der Waals surface area contributed by atoms with Crippen LogP contribution in [0, 0.1) is 5.92 Å². The predicted octanol–water partition coefficient (Wildman–Crippen LogP) is 4.85. The highest BCUT2D eigenvalue weighted by Crippen LogP contribution is 2.48. The van der Waals surface area contributed by atoms with Crippen molar-refractivity contribution in [1.29, 1.82) is 0 Å². The Balaban J connectivity index is 1.44. The van der Waals surface area contributed by atoms with E-state index in [4.69, 9.17) is 4.74 Å². The third kappa shape index (κ3) is 4.22. The predicted molar refractivity (Wildman–Crippen MR) is 95.0 cm³/mol. The van der Waals surface area contributed by atoms with Crippen LogP contribution in [0.1, 0.15) is 56.4 Å². The zero-order valence-corrected chi connectivity index (χ0v) is 14.9. The molecule has 1 saturated heterocycles. The van der Waals surface area contributed by atoms with Crippen molar-refractivity contribution >= 4 is 0 Å². The van der Waals surface area contributed by atoms with E-state index in [9.17, 15) is 8.78 Å². The number of alkyl halides is 2. The molecule has 0 spiro atoms. The summed E-state index contributed by atoms with van der Waals surface area (Å²) in [5, 5.41) is 0.